The third-order valence-electron chi connectivity index (χ3n) is 1.03. The molecule has 1 N–H and O–H groups in total. The fraction of sp³-hybridized carbons (Fsp3) is 0.167. The summed E-state index contributed by atoms with van der Waals surface area (Å²) in [5, 5.41) is 12.2. The van der Waals surface area contributed by atoms with Gasteiger partial charge in [-0.2, -0.15) is 11.3 Å². The van der Waals surface area contributed by atoms with Crippen molar-refractivity contribution in [1.29, 1.82) is 0 Å². The zero-order valence-electron chi connectivity index (χ0n) is 5.00. The fourth-order valence-electron chi connectivity index (χ4n) is 0.597. The normalized spacial score (nSPS) is 9.70. The van der Waals surface area contributed by atoms with Gasteiger partial charge < -0.3 is 5.11 Å². The maximum absolute atomic E-state index is 10.2. The lowest BCUT2D eigenvalue weighted by molar-refractivity contribution is -0.136. The third kappa shape index (κ3) is 1.95. The van der Waals surface area contributed by atoms with E-state index in [1.807, 2.05) is 10.8 Å². The van der Waals surface area contributed by atoms with Gasteiger partial charge in [0.05, 0.1) is 6.42 Å². The van der Waals surface area contributed by atoms with Crippen molar-refractivity contribution in [3.8, 4) is 0 Å². The summed E-state index contributed by atoms with van der Waals surface area (Å²) >= 11 is 3.67. The average molecular weight is 268 g/mol. The number of carbonyl (C=O) groups is 1. The Balaban J connectivity index is 2.74. The van der Waals surface area contributed by atoms with Crippen LogP contribution in [-0.4, -0.2) is 11.1 Å². The van der Waals surface area contributed by atoms with Crippen molar-refractivity contribution in [1.82, 2.24) is 0 Å². The lowest BCUT2D eigenvalue weighted by atomic mass is 10.2. The Morgan fingerprint density at radius 3 is 2.80 bits per heavy atom. The molecule has 2 nitrogen and oxygen atoms in total. The number of carboxylic acid groups (broad SMARTS) is 1. The van der Waals surface area contributed by atoms with Gasteiger partial charge in [-0.05, 0) is 33.5 Å². The first-order valence-electron chi connectivity index (χ1n) is 2.62. The summed E-state index contributed by atoms with van der Waals surface area (Å²) < 4.78 is 1.05. The molecule has 0 saturated carbocycles. The zero-order valence-corrected chi connectivity index (χ0v) is 7.98. The summed E-state index contributed by atoms with van der Waals surface area (Å²) in [7, 11) is 0. The van der Waals surface area contributed by atoms with Crippen LogP contribution in [0, 0.1) is 3.57 Å². The molecule has 0 aromatic carbocycles. The van der Waals surface area contributed by atoms with E-state index in [9.17, 15) is 4.79 Å². The number of rotatable bonds is 2. The van der Waals surface area contributed by atoms with Gasteiger partial charge in [0.1, 0.15) is 0 Å². The molecule has 1 aromatic heterocycles. The molecule has 54 valence electrons. The minimum absolute atomic E-state index is 0.141. The van der Waals surface area contributed by atoms with E-state index >= 15 is 0 Å². The van der Waals surface area contributed by atoms with Gasteiger partial charge in [0.15, 0.2) is 0 Å². The Labute approximate surface area is 76.0 Å². The standard InChI is InChI=1S/C6H5IO2S/c7-5-3-10-2-4(5)1-6(8)9/h2-3H,1H2,(H,8,9). The molecule has 0 aliphatic heterocycles. The first kappa shape index (κ1) is 8.00. The summed E-state index contributed by atoms with van der Waals surface area (Å²) in [4.78, 5) is 10.2. The van der Waals surface area contributed by atoms with Crippen molar-refractivity contribution in [3.63, 3.8) is 0 Å². The molecule has 0 unspecified atom stereocenters. The van der Waals surface area contributed by atoms with Crippen LogP contribution in [0.15, 0.2) is 10.8 Å². The highest BCUT2D eigenvalue weighted by Gasteiger charge is 2.04. The van der Waals surface area contributed by atoms with Gasteiger partial charge in [0.25, 0.3) is 0 Å². The van der Waals surface area contributed by atoms with Crippen molar-refractivity contribution >= 4 is 39.9 Å². The molecular formula is C6H5IO2S. The van der Waals surface area contributed by atoms with E-state index in [4.69, 9.17) is 5.11 Å². The number of thiophene rings is 1. The van der Waals surface area contributed by atoms with Crippen LogP contribution in [0.1, 0.15) is 5.56 Å². The van der Waals surface area contributed by atoms with Gasteiger partial charge in [-0.25, -0.2) is 0 Å². The minimum Gasteiger partial charge on any atom is -0.481 e. The van der Waals surface area contributed by atoms with Gasteiger partial charge in [-0.3, -0.25) is 4.79 Å². The largest absolute Gasteiger partial charge is 0.481 e. The maximum atomic E-state index is 10.2. The van der Waals surface area contributed by atoms with Gasteiger partial charge in [0.2, 0.25) is 0 Å². The van der Waals surface area contributed by atoms with E-state index < -0.39 is 5.97 Å². The van der Waals surface area contributed by atoms with Crippen LogP contribution in [0.4, 0.5) is 0 Å². The number of carboxylic acids is 1. The van der Waals surface area contributed by atoms with Crippen LogP contribution >= 0.6 is 33.9 Å². The smallest absolute Gasteiger partial charge is 0.307 e. The van der Waals surface area contributed by atoms with Crippen molar-refractivity contribution in [3.05, 3.63) is 19.9 Å². The Bertz CT molecular complexity index is 244. The van der Waals surface area contributed by atoms with Crippen molar-refractivity contribution in [2.75, 3.05) is 0 Å². The van der Waals surface area contributed by atoms with Crippen LogP contribution in [0.5, 0.6) is 0 Å². The summed E-state index contributed by atoms with van der Waals surface area (Å²) in [5.41, 5.74) is 0.915. The number of hydrogen-bond donors (Lipinski definition) is 1. The van der Waals surface area contributed by atoms with E-state index in [1.165, 1.54) is 11.3 Å². The lowest BCUT2D eigenvalue weighted by Gasteiger charge is -1.90. The average Bonchev–Trinajstić information content (AvgIpc) is 2.15. The molecule has 10 heavy (non-hydrogen) atoms. The molecule has 0 atom stereocenters. The van der Waals surface area contributed by atoms with E-state index in [0.29, 0.717) is 0 Å². The molecule has 0 fully saturated rings. The molecule has 0 bridgehead atoms. The number of aliphatic carboxylic acids is 1. The highest BCUT2D eigenvalue weighted by molar-refractivity contribution is 14.1. The van der Waals surface area contributed by atoms with Crippen molar-refractivity contribution in [2.24, 2.45) is 0 Å². The number of halogens is 1. The summed E-state index contributed by atoms with van der Waals surface area (Å²) in [6.07, 6.45) is 0.141. The molecule has 0 aliphatic rings. The van der Waals surface area contributed by atoms with E-state index in [2.05, 4.69) is 22.6 Å². The molecule has 1 aromatic rings. The Kier molecular flexibility index (Phi) is 2.67. The Morgan fingerprint density at radius 1 is 1.70 bits per heavy atom. The van der Waals surface area contributed by atoms with Gasteiger partial charge in [-0.15, -0.1) is 0 Å². The first-order chi connectivity index (χ1) is 4.70. The molecule has 1 heterocycles. The number of hydrogen-bond acceptors (Lipinski definition) is 2. The summed E-state index contributed by atoms with van der Waals surface area (Å²) in [6.45, 7) is 0. The van der Waals surface area contributed by atoms with Gasteiger partial charge >= 0.3 is 5.97 Å². The van der Waals surface area contributed by atoms with E-state index in [-0.39, 0.29) is 6.42 Å². The topological polar surface area (TPSA) is 37.3 Å². The fourth-order valence-corrected chi connectivity index (χ4v) is 2.31. The second-order valence-electron chi connectivity index (χ2n) is 1.82. The van der Waals surface area contributed by atoms with Gasteiger partial charge in [0, 0.05) is 8.95 Å². The zero-order chi connectivity index (χ0) is 7.56. The minimum atomic E-state index is -0.767. The third-order valence-corrected chi connectivity index (χ3v) is 3.25. The molecule has 0 saturated heterocycles. The predicted octanol–water partition coefficient (Wildman–Crippen LogP) is 1.98. The second kappa shape index (κ2) is 3.34. The predicted molar refractivity (Wildman–Crippen MR) is 48.4 cm³/mol. The van der Waals surface area contributed by atoms with Crippen LogP contribution in [0.3, 0.4) is 0 Å². The quantitative estimate of drug-likeness (QED) is 0.833. The van der Waals surface area contributed by atoms with E-state index in [0.717, 1.165) is 9.13 Å². The maximum Gasteiger partial charge on any atom is 0.307 e. The Hall–Kier alpha value is -0.100. The molecule has 4 heteroatoms. The molecule has 0 radical (unpaired) electrons. The van der Waals surface area contributed by atoms with Gasteiger partial charge in [-0.1, -0.05) is 0 Å². The van der Waals surface area contributed by atoms with Crippen LogP contribution in [0.25, 0.3) is 0 Å². The summed E-state index contributed by atoms with van der Waals surface area (Å²) in [5.74, 6) is -0.767. The molecular weight excluding hydrogens is 263 g/mol. The summed E-state index contributed by atoms with van der Waals surface area (Å²) in [6, 6.07) is 0. The highest BCUT2D eigenvalue weighted by atomic mass is 127. The second-order valence-corrected chi connectivity index (χ2v) is 3.72. The first-order valence-corrected chi connectivity index (χ1v) is 4.64. The molecule has 0 amide bonds. The highest BCUT2D eigenvalue weighted by Crippen LogP contribution is 2.17. The Morgan fingerprint density at radius 2 is 2.40 bits per heavy atom. The molecule has 1 rings (SSSR count). The molecule has 0 spiro atoms. The van der Waals surface area contributed by atoms with E-state index in [1.54, 1.807) is 0 Å². The monoisotopic (exact) mass is 268 g/mol. The molecule has 0 aliphatic carbocycles. The van der Waals surface area contributed by atoms with Crippen molar-refractivity contribution in [2.45, 2.75) is 6.42 Å². The lowest BCUT2D eigenvalue weighted by Crippen LogP contribution is -1.99. The van der Waals surface area contributed by atoms with Crippen LogP contribution in [0.2, 0.25) is 0 Å². The SMILES string of the molecule is O=C(O)Cc1cscc1I. The van der Waals surface area contributed by atoms with Crippen LogP contribution in [-0.2, 0) is 11.2 Å². The van der Waals surface area contributed by atoms with Crippen LogP contribution < -0.4 is 0 Å². The van der Waals surface area contributed by atoms with Crippen molar-refractivity contribution < 1.29 is 9.90 Å².